The van der Waals surface area contributed by atoms with E-state index in [2.05, 4.69) is 41.6 Å². The van der Waals surface area contributed by atoms with Crippen molar-refractivity contribution >= 4 is 11.8 Å². The van der Waals surface area contributed by atoms with Gasteiger partial charge in [-0.15, -0.1) is 5.10 Å². The van der Waals surface area contributed by atoms with Gasteiger partial charge in [-0.3, -0.25) is 0 Å². The molecule has 5 nitrogen and oxygen atoms in total. The van der Waals surface area contributed by atoms with E-state index in [9.17, 15) is 0 Å². The van der Waals surface area contributed by atoms with Crippen LogP contribution in [0.2, 0.25) is 0 Å². The third-order valence-electron chi connectivity index (χ3n) is 3.84. The average Bonchev–Trinajstić information content (AvgIpc) is 3.05. The van der Waals surface area contributed by atoms with Crippen molar-refractivity contribution in [1.29, 1.82) is 0 Å². The highest BCUT2D eigenvalue weighted by Gasteiger charge is 2.23. The summed E-state index contributed by atoms with van der Waals surface area (Å²) in [4.78, 5) is 0. The SMILES string of the molecule is CCCNC(C)C(C)Sc1nnnn1C1CCCC1. The maximum Gasteiger partial charge on any atom is 0.209 e. The van der Waals surface area contributed by atoms with Gasteiger partial charge >= 0.3 is 0 Å². The first kappa shape index (κ1) is 14.8. The first-order valence-electron chi connectivity index (χ1n) is 7.40. The Bertz CT molecular complexity index is 375. The first-order chi connectivity index (χ1) is 9.22. The summed E-state index contributed by atoms with van der Waals surface area (Å²) in [5.41, 5.74) is 0. The van der Waals surface area contributed by atoms with E-state index in [0.29, 0.717) is 17.3 Å². The number of rotatable bonds is 7. The molecule has 108 valence electrons. The molecule has 0 aliphatic heterocycles. The van der Waals surface area contributed by atoms with E-state index in [4.69, 9.17) is 0 Å². The highest BCUT2D eigenvalue weighted by molar-refractivity contribution is 7.99. The Labute approximate surface area is 119 Å². The van der Waals surface area contributed by atoms with Crippen molar-refractivity contribution in [2.45, 2.75) is 75.4 Å². The highest BCUT2D eigenvalue weighted by Crippen LogP contribution is 2.32. The highest BCUT2D eigenvalue weighted by atomic mass is 32.2. The number of thioether (sulfide) groups is 1. The molecular formula is C13H25N5S. The molecule has 1 aromatic heterocycles. The molecule has 1 saturated carbocycles. The molecule has 0 radical (unpaired) electrons. The Kier molecular flexibility index (Phi) is 5.63. The zero-order chi connectivity index (χ0) is 13.7. The van der Waals surface area contributed by atoms with E-state index in [1.54, 1.807) is 11.8 Å². The van der Waals surface area contributed by atoms with Crippen LogP contribution in [0.4, 0.5) is 0 Å². The fraction of sp³-hybridized carbons (Fsp3) is 0.923. The lowest BCUT2D eigenvalue weighted by atomic mass is 10.2. The van der Waals surface area contributed by atoms with Gasteiger partial charge in [0, 0.05) is 11.3 Å². The number of aromatic nitrogens is 4. The summed E-state index contributed by atoms with van der Waals surface area (Å²) >= 11 is 1.79. The maximum atomic E-state index is 4.20. The van der Waals surface area contributed by atoms with Gasteiger partial charge in [0.25, 0.3) is 0 Å². The second-order valence-corrected chi connectivity index (χ2v) is 6.75. The molecular weight excluding hydrogens is 258 g/mol. The van der Waals surface area contributed by atoms with Crippen molar-refractivity contribution in [3.8, 4) is 0 Å². The van der Waals surface area contributed by atoms with Crippen molar-refractivity contribution < 1.29 is 0 Å². The summed E-state index contributed by atoms with van der Waals surface area (Å²) in [6, 6.07) is 0.988. The van der Waals surface area contributed by atoms with Crippen LogP contribution < -0.4 is 5.32 Å². The Morgan fingerprint density at radius 2 is 2.11 bits per heavy atom. The van der Waals surface area contributed by atoms with Crippen LogP contribution in [-0.2, 0) is 0 Å². The van der Waals surface area contributed by atoms with E-state index in [0.717, 1.165) is 11.7 Å². The van der Waals surface area contributed by atoms with E-state index in [1.165, 1.54) is 32.1 Å². The van der Waals surface area contributed by atoms with Gasteiger partial charge < -0.3 is 5.32 Å². The predicted molar refractivity (Wildman–Crippen MR) is 78.4 cm³/mol. The third kappa shape index (κ3) is 3.92. The molecule has 1 aliphatic carbocycles. The van der Waals surface area contributed by atoms with Gasteiger partial charge in [0.05, 0.1) is 6.04 Å². The fourth-order valence-corrected chi connectivity index (χ4v) is 3.46. The summed E-state index contributed by atoms with van der Waals surface area (Å²) in [6.45, 7) is 7.74. The number of tetrazole rings is 1. The standard InChI is InChI=1S/C13H25N5S/c1-4-9-14-10(2)11(3)19-13-15-16-17-18(13)12-7-5-6-8-12/h10-12,14H,4-9H2,1-3H3. The lowest BCUT2D eigenvalue weighted by molar-refractivity contribution is 0.422. The number of hydrogen-bond acceptors (Lipinski definition) is 5. The molecule has 0 amide bonds. The summed E-state index contributed by atoms with van der Waals surface area (Å²) < 4.78 is 2.04. The minimum absolute atomic E-state index is 0.470. The fourth-order valence-electron chi connectivity index (χ4n) is 2.45. The summed E-state index contributed by atoms with van der Waals surface area (Å²) in [7, 11) is 0. The van der Waals surface area contributed by atoms with Crippen molar-refractivity contribution in [1.82, 2.24) is 25.5 Å². The van der Waals surface area contributed by atoms with E-state index in [1.807, 2.05) is 4.68 Å². The van der Waals surface area contributed by atoms with Gasteiger partial charge in [0.2, 0.25) is 5.16 Å². The molecule has 0 spiro atoms. The first-order valence-corrected chi connectivity index (χ1v) is 8.28. The Hall–Kier alpha value is -0.620. The molecule has 1 fully saturated rings. The van der Waals surface area contributed by atoms with E-state index < -0.39 is 0 Å². The van der Waals surface area contributed by atoms with Crippen molar-refractivity contribution in [2.24, 2.45) is 0 Å². The normalized spacial score (nSPS) is 19.7. The van der Waals surface area contributed by atoms with E-state index in [-0.39, 0.29) is 0 Å². The van der Waals surface area contributed by atoms with Crippen LogP contribution in [0.1, 0.15) is 58.9 Å². The smallest absolute Gasteiger partial charge is 0.209 e. The molecule has 1 N–H and O–H groups in total. The average molecular weight is 283 g/mol. The Morgan fingerprint density at radius 3 is 2.79 bits per heavy atom. The minimum atomic E-state index is 0.470. The molecule has 0 bridgehead atoms. The molecule has 1 aromatic rings. The molecule has 2 atom stereocenters. The molecule has 1 aliphatic rings. The zero-order valence-corrected chi connectivity index (χ0v) is 13.0. The molecule has 0 aromatic carbocycles. The molecule has 2 unspecified atom stereocenters. The zero-order valence-electron chi connectivity index (χ0n) is 12.2. The third-order valence-corrected chi connectivity index (χ3v) is 5.10. The van der Waals surface area contributed by atoms with Gasteiger partial charge in [-0.1, -0.05) is 38.5 Å². The topological polar surface area (TPSA) is 55.6 Å². The van der Waals surface area contributed by atoms with Crippen LogP contribution in [-0.4, -0.2) is 38.0 Å². The van der Waals surface area contributed by atoms with Crippen LogP contribution in [0.3, 0.4) is 0 Å². The lowest BCUT2D eigenvalue weighted by Crippen LogP contribution is -2.34. The Balaban J connectivity index is 1.93. The van der Waals surface area contributed by atoms with Gasteiger partial charge in [-0.05, 0) is 43.2 Å². The minimum Gasteiger partial charge on any atom is -0.313 e. The van der Waals surface area contributed by atoms with Crippen molar-refractivity contribution in [2.75, 3.05) is 6.54 Å². The lowest BCUT2D eigenvalue weighted by Gasteiger charge is -2.20. The van der Waals surface area contributed by atoms with Crippen molar-refractivity contribution in [3.05, 3.63) is 0 Å². The summed E-state index contributed by atoms with van der Waals surface area (Å²) in [5, 5.41) is 17.2. The monoisotopic (exact) mass is 283 g/mol. The molecule has 0 saturated heterocycles. The van der Waals surface area contributed by atoms with Crippen molar-refractivity contribution in [3.63, 3.8) is 0 Å². The molecule has 2 rings (SSSR count). The van der Waals surface area contributed by atoms with Crippen LogP contribution in [0.25, 0.3) is 0 Å². The largest absolute Gasteiger partial charge is 0.313 e. The van der Waals surface area contributed by atoms with Crippen LogP contribution in [0.15, 0.2) is 5.16 Å². The van der Waals surface area contributed by atoms with Gasteiger partial charge in [-0.2, -0.15) is 0 Å². The predicted octanol–water partition coefficient (Wildman–Crippen LogP) is 2.66. The van der Waals surface area contributed by atoms with Crippen LogP contribution in [0.5, 0.6) is 0 Å². The second-order valence-electron chi connectivity index (χ2n) is 5.41. The molecule has 1 heterocycles. The van der Waals surface area contributed by atoms with Crippen LogP contribution >= 0.6 is 11.8 Å². The summed E-state index contributed by atoms with van der Waals surface area (Å²) in [6.07, 6.45) is 6.21. The van der Waals surface area contributed by atoms with Crippen LogP contribution in [0, 0.1) is 0 Å². The Morgan fingerprint density at radius 1 is 1.37 bits per heavy atom. The molecule has 6 heteroatoms. The van der Waals surface area contributed by atoms with Gasteiger partial charge in [-0.25, -0.2) is 4.68 Å². The number of hydrogen-bond donors (Lipinski definition) is 1. The quantitative estimate of drug-likeness (QED) is 0.780. The van der Waals surface area contributed by atoms with Gasteiger partial charge in [0.1, 0.15) is 0 Å². The number of nitrogens with zero attached hydrogens (tertiary/aromatic N) is 4. The number of nitrogens with one attached hydrogen (secondary N) is 1. The second kappa shape index (κ2) is 7.24. The summed E-state index contributed by atoms with van der Waals surface area (Å²) in [5.74, 6) is 0. The van der Waals surface area contributed by atoms with E-state index >= 15 is 0 Å². The maximum absolute atomic E-state index is 4.20. The van der Waals surface area contributed by atoms with Gasteiger partial charge in [0.15, 0.2) is 0 Å². The molecule has 19 heavy (non-hydrogen) atoms.